The Kier molecular flexibility index (Phi) is 6.05. The van der Waals surface area contributed by atoms with E-state index in [1.807, 2.05) is 32.0 Å². The summed E-state index contributed by atoms with van der Waals surface area (Å²) in [6.07, 6.45) is -3.50. The summed E-state index contributed by atoms with van der Waals surface area (Å²) in [5.41, 5.74) is 0.658. The van der Waals surface area contributed by atoms with E-state index in [1.165, 1.54) is 0 Å². The van der Waals surface area contributed by atoms with Gasteiger partial charge in [0.1, 0.15) is 5.69 Å². The number of benzene rings is 1. The predicted molar refractivity (Wildman–Crippen MR) is 91.5 cm³/mol. The predicted octanol–water partition coefficient (Wildman–Crippen LogP) is 4.74. The normalized spacial score (nSPS) is 12.9. The lowest BCUT2D eigenvalue weighted by Gasteiger charge is -2.16. The van der Waals surface area contributed by atoms with Gasteiger partial charge in [-0.25, -0.2) is 9.97 Å². The van der Waals surface area contributed by atoms with Crippen LogP contribution in [0.2, 0.25) is 0 Å². The number of hydrogen-bond acceptors (Lipinski definition) is 4. The van der Waals surface area contributed by atoms with Crippen molar-refractivity contribution in [3.05, 3.63) is 47.8 Å². The van der Waals surface area contributed by atoms with Crippen molar-refractivity contribution in [1.82, 2.24) is 9.97 Å². The zero-order chi connectivity index (χ0) is 18.6. The molecule has 0 spiro atoms. The zero-order valence-electron chi connectivity index (χ0n) is 14.0. The molecule has 134 valence electrons. The van der Waals surface area contributed by atoms with Crippen LogP contribution in [0.4, 0.5) is 18.9 Å². The van der Waals surface area contributed by atoms with Crippen LogP contribution in [-0.2, 0) is 11.0 Å². The molecule has 0 saturated heterocycles. The van der Waals surface area contributed by atoms with Crippen molar-refractivity contribution < 1.29 is 18.0 Å². The number of para-hydroxylation sites is 1. The largest absolute Gasteiger partial charge is 0.433 e. The average molecular weight is 369 g/mol. The number of carbonyl (C=O) groups is 1. The van der Waals surface area contributed by atoms with Crippen molar-refractivity contribution in [1.29, 1.82) is 0 Å². The molecule has 1 atom stereocenters. The van der Waals surface area contributed by atoms with E-state index >= 15 is 0 Å². The molecular formula is C17H18F3N3OS. The van der Waals surface area contributed by atoms with Gasteiger partial charge in [-0.2, -0.15) is 13.2 Å². The third-order valence-electron chi connectivity index (χ3n) is 3.42. The van der Waals surface area contributed by atoms with Gasteiger partial charge in [0, 0.05) is 11.9 Å². The molecule has 4 nitrogen and oxygen atoms in total. The van der Waals surface area contributed by atoms with Gasteiger partial charge in [-0.1, -0.05) is 43.8 Å². The van der Waals surface area contributed by atoms with E-state index < -0.39 is 17.1 Å². The van der Waals surface area contributed by atoms with Crippen molar-refractivity contribution in [3.8, 4) is 0 Å². The van der Waals surface area contributed by atoms with E-state index in [-0.39, 0.29) is 17.0 Å². The van der Waals surface area contributed by atoms with Crippen LogP contribution in [0.25, 0.3) is 0 Å². The lowest BCUT2D eigenvalue weighted by atomic mass is 10.0. The summed E-state index contributed by atoms with van der Waals surface area (Å²) in [5, 5.41) is 2.08. The second-order valence-corrected chi connectivity index (χ2v) is 7.02. The topological polar surface area (TPSA) is 54.9 Å². The van der Waals surface area contributed by atoms with E-state index in [2.05, 4.69) is 15.3 Å². The smallest absolute Gasteiger partial charge is 0.325 e. The van der Waals surface area contributed by atoms with Gasteiger partial charge in [-0.15, -0.1) is 0 Å². The fraction of sp³-hybridized carbons (Fsp3) is 0.353. The van der Waals surface area contributed by atoms with Crippen molar-refractivity contribution >= 4 is 23.4 Å². The molecule has 1 heterocycles. The third-order valence-corrected chi connectivity index (χ3v) is 4.39. The molecule has 1 N–H and O–H groups in total. The van der Waals surface area contributed by atoms with E-state index in [0.29, 0.717) is 5.69 Å². The summed E-state index contributed by atoms with van der Waals surface area (Å²) in [5.74, 6) is -0.0922. The third kappa shape index (κ3) is 5.19. The number of thioether (sulfide) groups is 1. The maximum Gasteiger partial charge on any atom is 0.433 e. The molecule has 25 heavy (non-hydrogen) atoms. The lowest BCUT2D eigenvalue weighted by Crippen LogP contribution is -2.23. The number of anilines is 1. The molecule has 0 aliphatic heterocycles. The van der Waals surface area contributed by atoms with Crippen LogP contribution >= 0.6 is 11.8 Å². The van der Waals surface area contributed by atoms with Gasteiger partial charge in [0.2, 0.25) is 5.91 Å². The van der Waals surface area contributed by atoms with Gasteiger partial charge >= 0.3 is 6.18 Å². The van der Waals surface area contributed by atoms with E-state index in [0.717, 1.165) is 29.6 Å². The summed E-state index contributed by atoms with van der Waals surface area (Å²) in [7, 11) is 0. The Hall–Kier alpha value is -2.09. The Balaban J connectivity index is 2.09. The molecular weight excluding hydrogens is 351 g/mol. The van der Waals surface area contributed by atoms with Crippen LogP contribution in [0.3, 0.4) is 0 Å². The highest BCUT2D eigenvalue weighted by molar-refractivity contribution is 8.00. The van der Waals surface area contributed by atoms with Crippen LogP contribution < -0.4 is 5.32 Å². The number of aromatic nitrogens is 2. The Morgan fingerprint density at radius 2 is 1.84 bits per heavy atom. The van der Waals surface area contributed by atoms with Crippen LogP contribution in [-0.4, -0.2) is 21.1 Å². The molecule has 0 aliphatic carbocycles. The minimum absolute atomic E-state index is 0.0883. The molecule has 1 amide bonds. The second-order valence-electron chi connectivity index (χ2n) is 5.71. The summed E-state index contributed by atoms with van der Waals surface area (Å²) in [6, 6.07) is 8.22. The monoisotopic (exact) mass is 369 g/mol. The van der Waals surface area contributed by atoms with Crippen LogP contribution in [0.1, 0.15) is 37.9 Å². The number of hydrogen-bond donors (Lipinski definition) is 1. The number of amides is 1. The highest BCUT2D eigenvalue weighted by Crippen LogP contribution is 2.30. The first-order chi connectivity index (χ1) is 11.7. The van der Waals surface area contributed by atoms with Crippen molar-refractivity contribution in [2.75, 3.05) is 5.32 Å². The quantitative estimate of drug-likeness (QED) is 0.611. The fourth-order valence-corrected chi connectivity index (χ4v) is 2.87. The molecule has 0 fully saturated rings. The Labute approximate surface area is 148 Å². The van der Waals surface area contributed by atoms with E-state index in [9.17, 15) is 18.0 Å². The summed E-state index contributed by atoms with van der Waals surface area (Å²) in [4.78, 5) is 19.6. The first kappa shape index (κ1) is 19.2. The van der Waals surface area contributed by atoms with E-state index in [4.69, 9.17) is 0 Å². The number of nitrogens with one attached hydrogen (secondary N) is 1. The summed E-state index contributed by atoms with van der Waals surface area (Å²) >= 11 is 0.881. The molecule has 1 unspecified atom stereocenters. The van der Waals surface area contributed by atoms with Gasteiger partial charge < -0.3 is 5.32 Å². The average Bonchev–Trinajstić information content (AvgIpc) is 2.54. The maximum atomic E-state index is 12.7. The van der Waals surface area contributed by atoms with Crippen LogP contribution in [0, 0.1) is 0 Å². The van der Waals surface area contributed by atoms with E-state index in [1.54, 1.807) is 13.0 Å². The minimum atomic E-state index is -4.54. The lowest BCUT2D eigenvalue weighted by molar-refractivity contribution is -0.141. The number of alkyl halides is 3. The zero-order valence-corrected chi connectivity index (χ0v) is 14.8. The first-order valence-corrected chi connectivity index (χ1v) is 8.53. The summed E-state index contributed by atoms with van der Waals surface area (Å²) in [6.45, 7) is 5.63. The van der Waals surface area contributed by atoms with Gasteiger partial charge in [0.15, 0.2) is 5.16 Å². The fourth-order valence-electron chi connectivity index (χ4n) is 2.12. The molecule has 0 bridgehead atoms. The molecule has 0 saturated carbocycles. The van der Waals surface area contributed by atoms with Crippen molar-refractivity contribution in [3.63, 3.8) is 0 Å². The standard InChI is InChI=1S/C17H18F3N3OS/c1-10(2)12-6-4-5-7-13(12)22-15(24)11(3)25-16-21-9-8-14(23-16)17(18,19)20/h4-11H,1-3H3,(H,22,24). The van der Waals surface area contributed by atoms with Crippen molar-refractivity contribution in [2.45, 2.75) is 43.3 Å². The Morgan fingerprint density at radius 1 is 1.16 bits per heavy atom. The first-order valence-electron chi connectivity index (χ1n) is 7.65. The Morgan fingerprint density at radius 3 is 2.48 bits per heavy atom. The Bertz CT molecular complexity index is 750. The van der Waals surface area contributed by atoms with Crippen molar-refractivity contribution in [2.24, 2.45) is 0 Å². The number of carbonyl (C=O) groups excluding carboxylic acids is 1. The number of nitrogens with zero attached hydrogens (tertiary/aromatic N) is 2. The summed E-state index contributed by atoms with van der Waals surface area (Å²) < 4.78 is 38.1. The van der Waals surface area contributed by atoms with Gasteiger partial charge in [0.25, 0.3) is 0 Å². The molecule has 2 rings (SSSR count). The molecule has 0 aliphatic rings. The van der Waals surface area contributed by atoms with Crippen LogP contribution in [0.5, 0.6) is 0 Å². The second kappa shape index (κ2) is 7.86. The van der Waals surface area contributed by atoms with Gasteiger partial charge in [-0.05, 0) is 30.5 Å². The number of halogens is 3. The molecule has 0 radical (unpaired) electrons. The highest BCUT2D eigenvalue weighted by Gasteiger charge is 2.33. The molecule has 1 aromatic carbocycles. The molecule has 2 aromatic rings. The van der Waals surface area contributed by atoms with Crippen LogP contribution in [0.15, 0.2) is 41.7 Å². The SMILES string of the molecule is CC(Sc1nccc(C(F)(F)F)n1)C(=O)Nc1ccccc1C(C)C. The van der Waals surface area contributed by atoms with Gasteiger partial charge in [-0.3, -0.25) is 4.79 Å². The van der Waals surface area contributed by atoms with Gasteiger partial charge in [0.05, 0.1) is 5.25 Å². The highest BCUT2D eigenvalue weighted by atomic mass is 32.2. The number of rotatable bonds is 5. The molecule has 1 aromatic heterocycles. The molecule has 8 heteroatoms. The minimum Gasteiger partial charge on any atom is -0.325 e. The maximum absolute atomic E-state index is 12.7.